The highest BCUT2D eigenvalue weighted by Gasteiger charge is 2.21. The lowest BCUT2D eigenvalue weighted by molar-refractivity contribution is 0.319. The molecule has 0 saturated heterocycles. The molecule has 0 amide bonds. The number of hydrogen-bond acceptors (Lipinski definition) is 1. The highest BCUT2D eigenvalue weighted by molar-refractivity contribution is 5.34. The lowest BCUT2D eigenvalue weighted by atomic mass is 9.77. The van der Waals surface area contributed by atoms with Crippen molar-refractivity contribution >= 4 is 0 Å². The van der Waals surface area contributed by atoms with E-state index in [0.717, 1.165) is 11.5 Å². The Bertz CT molecular complexity index is 381. The van der Waals surface area contributed by atoms with E-state index in [4.69, 9.17) is 5.26 Å². The normalized spacial score (nSPS) is 25.0. The second-order valence-corrected chi connectivity index (χ2v) is 4.86. The first-order chi connectivity index (χ1) is 7.83. The van der Waals surface area contributed by atoms with E-state index in [0.29, 0.717) is 5.92 Å². The predicted octanol–water partition coefficient (Wildman–Crippen LogP) is 4.24. The predicted molar refractivity (Wildman–Crippen MR) is 66.1 cm³/mol. The van der Waals surface area contributed by atoms with E-state index in [1.165, 1.54) is 37.7 Å². The van der Waals surface area contributed by atoms with Crippen molar-refractivity contribution < 1.29 is 0 Å². The number of rotatable bonds is 2. The van der Waals surface area contributed by atoms with Crippen LogP contribution in [-0.2, 0) is 0 Å². The molecule has 16 heavy (non-hydrogen) atoms. The molecule has 0 N–H and O–H groups in total. The van der Waals surface area contributed by atoms with E-state index in [9.17, 15) is 0 Å². The van der Waals surface area contributed by atoms with Crippen molar-refractivity contribution in [3.05, 3.63) is 35.4 Å². The molecule has 0 radical (unpaired) electrons. The Labute approximate surface area is 98.1 Å². The van der Waals surface area contributed by atoms with Crippen LogP contribution in [0.4, 0.5) is 0 Å². The molecule has 1 nitrogen and oxygen atoms in total. The highest BCUT2D eigenvalue weighted by Crippen LogP contribution is 2.36. The Morgan fingerprint density at radius 2 is 2.00 bits per heavy atom. The third-order valence-electron chi connectivity index (χ3n) is 3.91. The van der Waals surface area contributed by atoms with Gasteiger partial charge in [0.05, 0.1) is 11.6 Å². The summed E-state index contributed by atoms with van der Waals surface area (Å²) in [5, 5.41) is 8.89. The van der Waals surface area contributed by atoms with Crippen molar-refractivity contribution in [2.24, 2.45) is 5.92 Å². The maximum atomic E-state index is 8.89. The Balaban J connectivity index is 2.05. The van der Waals surface area contributed by atoms with E-state index < -0.39 is 0 Å². The lowest BCUT2D eigenvalue weighted by Gasteiger charge is -2.28. The summed E-state index contributed by atoms with van der Waals surface area (Å²) < 4.78 is 0. The van der Waals surface area contributed by atoms with Gasteiger partial charge >= 0.3 is 0 Å². The molecule has 0 aromatic heterocycles. The summed E-state index contributed by atoms with van der Waals surface area (Å²) in [5.41, 5.74) is 2.17. The molecule has 1 aliphatic rings. The average molecular weight is 213 g/mol. The van der Waals surface area contributed by atoms with Crippen LogP contribution in [0.25, 0.3) is 0 Å². The minimum Gasteiger partial charge on any atom is -0.192 e. The van der Waals surface area contributed by atoms with Gasteiger partial charge in [-0.1, -0.05) is 25.5 Å². The standard InChI is InChI=1S/C15H19N/c1-2-12-6-8-14(9-7-12)15-5-3-4-13(10-15)11-16/h3-5,10,12,14H,2,6-9H2,1H3. The van der Waals surface area contributed by atoms with E-state index in [2.05, 4.69) is 25.1 Å². The third-order valence-corrected chi connectivity index (χ3v) is 3.91. The molecule has 84 valence electrons. The number of hydrogen-bond donors (Lipinski definition) is 0. The molecule has 1 heteroatoms. The van der Waals surface area contributed by atoms with Gasteiger partial charge in [0.2, 0.25) is 0 Å². The zero-order valence-electron chi connectivity index (χ0n) is 9.95. The van der Waals surface area contributed by atoms with Gasteiger partial charge in [-0.15, -0.1) is 0 Å². The van der Waals surface area contributed by atoms with Crippen molar-refractivity contribution in [2.75, 3.05) is 0 Å². The molecule has 1 aromatic rings. The van der Waals surface area contributed by atoms with Crippen LogP contribution in [0.1, 0.15) is 56.1 Å². The van der Waals surface area contributed by atoms with Gasteiger partial charge in [-0.3, -0.25) is 0 Å². The fourth-order valence-electron chi connectivity index (χ4n) is 2.77. The average Bonchev–Trinajstić information content (AvgIpc) is 2.39. The summed E-state index contributed by atoms with van der Waals surface area (Å²) in [6.07, 6.45) is 6.64. The van der Waals surface area contributed by atoms with E-state index in [1.54, 1.807) is 0 Å². The molecule has 0 bridgehead atoms. The minimum atomic E-state index is 0.691. The molecule has 1 saturated carbocycles. The Kier molecular flexibility index (Phi) is 3.62. The van der Waals surface area contributed by atoms with Crippen molar-refractivity contribution in [1.82, 2.24) is 0 Å². The fourth-order valence-corrected chi connectivity index (χ4v) is 2.77. The Morgan fingerprint density at radius 1 is 1.25 bits per heavy atom. The van der Waals surface area contributed by atoms with Crippen LogP contribution in [0, 0.1) is 17.2 Å². The van der Waals surface area contributed by atoms with Crippen molar-refractivity contribution in [1.29, 1.82) is 5.26 Å². The van der Waals surface area contributed by atoms with Gasteiger partial charge in [0.25, 0.3) is 0 Å². The molecule has 0 unspecified atom stereocenters. The van der Waals surface area contributed by atoms with Crippen LogP contribution in [0.5, 0.6) is 0 Å². The largest absolute Gasteiger partial charge is 0.192 e. The first-order valence-electron chi connectivity index (χ1n) is 6.33. The van der Waals surface area contributed by atoms with E-state index in [-0.39, 0.29) is 0 Å². The van der Waals surface area contributed by atoms with Gasteiger partial charge in [0.1, 0.15) is 0 Å². The van der Waals surface area contributed by atoms with Crippen LogP contribution in [0.2, 0.25) is 0 Å². The van der Waals surface area contributed by atoms with Gasteiger partial charge in [0, 0.05) is 0 Å². The molecular weight excluding hydrogens is 194 g/mol. The highest BCUT2D eigenvalue weighted by atomic mass is 14.3. The minimum absolute atomic E-state index is 0.691. The molecule has 0 aliphatic heterocycles. The maximum absolute atomic E-state index is 8.89. The second kappa shape index (κ2) is 5.16. The second-order valence-electron chi connectivity index (χ2n) is 4.86. The molecule has 2 rings (SSSR count). The van der Waals surface area contributed by atoms with Crippen LogP contribution in [0.3, 0.4) is 0 Å². The Morgan fingerprint density at radius 3 is 2.62 bits per heavy atom. The number of benzene rings is 1. The van der Waals surface area contributed by atoms with Crippen LogP contribution < -0.4 is 0 Å². The molecule has 0 spiro atoms. The summed E-state index contributed by atoms with van der Waals surface area (Å²) >= 11 is 0. The molecule has 1 fully saturated rings. The van der Waals surface area contributed by atoms with E-state index >= 15 is 0 Å². The van der Waals surface area contributed by atoms with Crippen LogP contribution in [0.15, 0.2) is 24.3 Å². The van der Waals surface area contributed by atoms with Crippen LogP contribution >= 0.6 is 0 Å². The van der Waals surface area contributed by atoms with Gasteiger partial charge in [-0.05, 0) is 55.2 Å². The van der Waals surface area contributed by atoms with Gasteiger partial charge in [-0.25, -0.2) is 0 Å². The fraction of sp³-hybridized carbons (Fsp3) is 0.533. The van der Waals surface area contributed by atoms with Gasteiger partial charge in [0.15, 0.2) is 0 Å². The number of nitriles is 1. The first-order valence-corrected chi connectivity index (χ1v) is 6.33. The van der Waals surface area contributed by atoms with Crippen molar-refractivity contribution in [3.63, 3.8) is 0 Å². The molecule has 1 aliphatic carbocycles. The smallest absolute Gasteiger partial charge is 0.0991 e. The zero-order valence-corrected chi connectivity index (χ0v) is 9.95. The summed E-state index contributed by atoms with van der Waals surface area (Å²) in [7, 11) is 0. The number of nitrogens with zero attached hydrogens (tertiary/aromatic N) is 1. The topological polar surface area (TPSA) is 23.8 Å². The quantitative estimate of drug-likeness (QED) is 0.720. The maximum Gasteiger partial charge on any atom is 0.0991 e. The van der Waals surface area contributed by atoms with Crippen molar-refractivity contribution in [3.8, 4) is 6.07 Å². The van der Waals surface area contributed by atoms with Gasteiger partial charge < -0.3 is 0 Å². The summed E-state index contributed by atoms with van der Waals surface area (Å²) in [6, 6.07) is 10.4. The zero-order chi connectivity index (χ0) is 11.4. The summed E-state index contributed by atoms with van der Waals surface area (Å²) in [5.74, 6) is 1.63. The molecule has 1 aromatic carbocycles. The molecular formula is C15H19N. The summed E-state index contributed by atoms with van der Waals surface area (Å²) in [4.78, 5) is 0. The molecule has 0 atom stereocenters. The third kappa shape index (κ3) is 2.44. The summed E-state index contributed by atoms with van der Waals surface area (Å²) in [6.45, 7) is 2.29. The SMILES string of the molecule is CCC1CCC(c2cccc(C#N)c2)CC1. The van der Waals surface area contributed by atoms with Gasteiger partial charge in [-0.2, -0.15) is 5.26 Å². The van der Waals surface area contributed by atoms with E-state index in [1.807, 2.05) is 12.1 Å². The van der Waals surface area contributed by atoms with Crippen molar-refractivity contribution in [2.45, 2.75) is 44.9 Å². The Hall–Kier alpha value is -1.29. The lowest BCUT2D eigenvalue weighted by Crippen LogP contribution is -2.12. The first kappa shape index (κ1) is 11.2. The van der Waals surface area contributed by atoms with Crippen LogP contribution in [-0.4, -0.2) is 0 Å². The monoisotopic (exact) mass is 213 g/mol. The molecule has 0 heterocycles.